The molecule has 0 bridgehead atoms. The number of rotatable bonds is 3. The van der Waals surface area contributed by atoms with Gasteiger partial charge in [0.1, 0.15) is 5.75 Å². The Morgan fingerprint density at radius 2 is 2.25 bits per heavy atom. The number of nitrogens with two attached hydrogens (primary N) is 1. The van der Waals surface area contributed by atoms with Gasteiger partial charge >= 0.3 is 0 Å². The maximum atomic E-state index is 5.90. The summed E-state index contributed by atoms with van der Waals surface area (Å²) in [6.07, 6.45) is 3.66. The highest BCUT2D eigenvalue weighted by Gasteiger charge is 2.07. The highest BCUT2D eigenvalue weighted by molar-refractivity contribution is 7.99. The Kier molecular flexibility index (Phi) is 3.05. The summed E-state index contributed by atoms with van der Waals surface area (Å²) in [5.41, 5.74) is 6.63. The van der Waals surface area contributed by atoms with Crippen LogP contribution in [0, 0.1) is 0 Å². The number of hydrogen-bond acceptors (Lipinski definition) is 4. The third kappa shape index (κ3) is 2.14. The summed E-state index contributed by atoms with van der Waals surface area (Å²) >= 11 is 1.52. The first-order chi connectivity index (χ1) is 7.70. The number of ether oxygens (including phenoxy) is 1. The van der Waals surface area contributed by atoms with Crippen LogP contribution in [0.4, 0.5) is 5.69 Å². The molecule has 0 unspecified atom stereocenters. The minimum atomic E-state index is 0.730. The largest absolute Gasteiger partial charge is 0.497 e. The lowest BCUT2D eigenvalue weighted by Gasteiger charge is -2.07. The molecule has 0 spiro atoms. The first-order valence-corrected chi connectivity index (χ1v) is 5.61. The number of nitrogen functional groups attached to an aromatic ring is 1. The molecule has 0 saturated carbocycles. The molecule has 0 aliphatic carbocycles. The molecule has 0 aliphatic rings. The number of aromatic nitrogens is 2. The maximum Gasteiger partial charge on any atom is 0.172 e. The number of imidazole rings is 1. The van der Waals surface area contributed by atoms with E-state index < -0.39 is 0 Å². The summed E-state index contributed by atoms with van der Waals surface area (Å²) in [7, 11) is 3.59. The molecule has 1 aromatic heterocycles. The van der Waals surface area contributed by atoms with Crippen LogP contribution in [0.25, 0.3) is 0 Å². The van der Waals surface area contributed by atoms with E-state index in [2.05, 4.69) is 4.98 Å². The van der Waals surface area contributed by atoms with Gasteiger partial charge in [-0.25, -0.2) is 4.98 Å². The van der Waals surface area contributed by atoms with Crippen molar-refractivity contribution in [2.45, 2.75) is 10.1 Å². The van der Waals surface area contributed by atoms with Gasteiger partial charge in [-0.15, -0.1) is 0 Å². The van der Waals surface area contributed by atoms with Gasteiger partial charge in [-0.1, -0.05) is 0 Å². The normalized spacial score (nSPS) is 10.4. The average molecular weight is 235 g/mol. The van der Waals surface area contributed by atoms with Gasteiger partial charge in [0.2, 0.25) is 0 Å². The van der Waals surface area contributed by atoms with E-state index in [1.165, 1.54) is 11.8 Å². The van der Waals surface area contributed by atoms with Crippen molar-refractivity contribution in [3.8, 4) is 5.75 Å². The molecule has 0 atom stereocenters. The number of aryl methyl sites for hydroxylation is 1. The zero-order chi connectivity index (χ0) is 11.5. The summed E-state index contributed by atoms with van der Waals surface area (Å²) < 4.78 is 7.11. The second-order valence-corrected chi connectivity index (χ2v) is 4.34. The lowest BCUT2D eigenvalue weighted by molar-refractivity contribution is 0.414. The van der Waals surface area contributed by atoms with Crippen molar-refractivity contribution in [3.63, 3.8) is 0 Å². The topological polar surface area (TPSA) is 53.1 Å². The SMILES string of the molecule is COc1ccc(N)c(Sc2nccn2C)c1. The molecule has 0 fully saturated rings. The molecule has 0 saturated heterocycles. The van der Waals surface area contributed by atoms with Gasteiger partial charge in [0.15, 0.2) is 5.16 Å². The standard InChI is InChI=1S/C11H13N3OS/c1-14-6-5-13-11(14)16-10-7-8(15-2)3-4-9(10)12/h3-7H,12H2,1-2H3. The van der Waals surface area contributed by atoms with Crippen LogP contribution in [0.2, 0.25) is 0 Å². The van der Waals surface area contributed by atoms with Crippen molar-refractivity contribution in [3.05, 3.63) is 30.6 Å². The highest BCUT2D eigenvalue weighted by atomic mass is 32.2. The minimum Gasteiger partial charge on any atom is -0.497 e. The summed E-state index contributed by atoms with van der Waals surface area (Å²) in [6.45, 7) is 0. The summed E-state index contributed by atoms with van der Waals surface area (Å²) in [5.74, 6) is 0.797. The lowest BCUT2D eigenvalue weighted by Crippen LogP contribution is -1.93. The predicted molar refractivity (Wildman–Crippen MR) is 64.7 cm³/mol. The molecular formula is C11H13N3OS. The fourth-order valence-electron chi connectivity index (χ4n) is 1.28. The molecule has 2 aromatic rings. The molecular weight excluding hydrogens is 222 g/mol. The van der Waals surface area contributed by atoms with E-state index in [0.717, 1.165) is 21.5 Å². The Labute approximate surface area is 98.4 Å². The molecule has 4 nitrogen and oxygen atoms in total. The van der Waals surface area contributed by atoms with Gasteiger partial charge in [-0.3, -0.25) is 0 Å². The number of methoxy groups -OCH3 is 1. The van der Waals surface area contributed by atoms with Gasteiger partial charge in [-0.2, -0.15) is 0 Å². The second kappa shape index (κ2) is 4.49. The van der Waals surface area contributed by atoms with Crippen LogP contribution in [-0.2, 0) is 7.05 Å². The summed E-state index contributed by atoms with van der Waals surface area (Å²) in [6, 6.07) is 5.59. The highest BCUT2D eigenvalue weighted by Crippen LogP contribution is 2.33. The van der Waals surface area contributed by atoms with Crippen molar-refractivity contribution >= 4 is 17.4 Å². The van der Waals surface area contributed by atoms with E-state index in [1.807, 2.05) is 36.0 Å². The van der Waals surface area contributed by atoms with Crippen LogP contribution in [-0.4, -0.2) is 16.7 Å². The molecule has 0 amide bonds. The van der Waals surface area contributed by atoms with E-state index in [0.29, 0.717) is 0 Å². The average Bonchev–Trinajstić information content (AvgIpc) is 2.68. The van der Waals surface area contributed by atoms with Crippen molar-refractivity contribution in [1.82, 2.24) is 9.55 Å². The van der Waals surface area contributed by atoms with Crippen LogP contribution in [0.15, 0.2) is 40.6 Å². The summed E-state index contributed by atoms with van der Waals surface area (Å²) in [5, 5.41) is 0.903. The van der Waals surface area contributed by atoms with Crippen LogP contribution >= 0.6 is 11.8 Å². The molecule has 1 heterocycles. The van der Waals surface area contributed by atoms with Crippen LogP contribution in [0.3, 0.4) is 0 Å². The zero-order valence-corrected chi connectivity index (χ0v) is 9.99. The number of hydrogen-bond donors (Lipinski definition) is 1. The summed E-state index contributed by atoms with van der Waals surface area (Å²) in [4.78, 5) is 5.19. The third-order valence-electron chi connectivity index (χ3n) is 2.20. The van der Waals surface area contributed by atoms with Gasteiger partial charge in [0.25, 0.3) is 0 Å². The Morgan fingerprint density at radius 1 is 1.44 bits per heavy atom. The Morgan fingerprint density at radius 3 is 2.88 bits per heavy atom. The number of anilines is 1. The molecule has 84 valence electrons. The van der Waals surface area contributed by atoms with Crippen molar-refractivity contribution < 1.29 is 4.74 Å². The van der Waals surface area contributed by atoms with Crippen LogP contribution in [0.5, 0.6) is 5.75 Å². The van der Waals surface area contributed by atoms with Gasteiger partial charge in [-0.05, 0) is 30.0 Å². The molecule has 1 aromatic carbocycles. The first-order valence-electron chi connectivity index (χ1n) is 4.79. The van der Waals surface area contributed by atoms with E-state index in [-0.39, 0.29) is 0 Å². The molecule has 0 radical (unpaired) electrons. The molecule has 16 heavy (non-hydrogen) atoms. The Bertz CT molecular complexity index is 496. The van der Waals surface area contributed by atoms with Crippen LogP contribution < -0.4 is 10.5 Å². The molecule has 0 aliphatic heterocycles. The fraction of sp³-hybridized carbons (Fsp3) is 0.182. The molecule has 2 N–H and O–H groups in total. The fourth-order valence-corrected chi connectivity index (χ4v) is 2.15. The first kappa shape index (κ1) is 10.9. The minimum absolute atomic E-state index is 0.730. The Balaban J connectivity index is 2.30. The third-order valence-corrected chi connectivity index (χ3v) is 3.35. The smallest absolute Gasteiger partial charge is 0.172 e. The van der Waals surface area contributed by atoms with Gasteiger partial charge in [0, 0.05) is 30.0 Å². The van der Waals surface area contributed by atoms with Crippen LogP contribution in [0.1, 0.15) is 0 Å². The zero-order valence-electron chi connectivity index (χ0n) is 9.18. The molecule has 5 heteroatoms. The number of nitrogens with zero attached hydrogens (tertiary/aromatic N) is 2. The van der Waals surface area contributed by atoms with E-state index in [1.54, 1.807) is 13.3 Å². The lowest BCUT2D eigenvalue weighted by atomic mass is 10.3. The van der Waals surface area contributed by atoms with E-state index in [4.69, 9.17) is 10.5 Å². The monoisotopic (exact) mass is 235 g/mol. The second-order valence-electron chi connectivity index (χ2n) is 3.33. The van der Waals surface area contributed by atoms with E-state index >= 15 is 0 Å². The maximum absolute atomic E-state index is 5.90. The van der Waals surface area contributed by atoms with E-state index in [9.17, 15) is 0 Å². The predicted octanol–water partition coefficient (Wildman–Crippen LogP) is 2.16. The van der Waals surface area contributed by atoms with Gasteiger partial charge < -0.3 is 15.0 Å². The number of benzene rings is 1. The van der Waals surface area contributed by atoms with Crippen molar-refractivity contribution in [2.24, 2.45) is 7.05 Å². The molecule has 2 rings (SSSR count). The Hall–Kier alpha value is -1.62. The quantitative estimate of drug-likeness (QED) is 0.828. The van der Waals surface area contributed by atoms with Gasteiger partial charge in [0.05, 0.1) is 7.11 Å². The van der Waals surface area contributed by atoms with Crippen molar-refractivity contribution in [2.75, 3.05) is 12.8 Å². The van der Waals surface area contributed by atoms with Crippen molar-refractivity contribution in [1.29, 1.82) is 0 Å².